The first-order chi connectivity index (χ1) is 9.99. The molecule has 0 aliphatic carbocycles. The number of carbonyl (C=O) groups excluding carboxylic acids is 1. The summed E-state index contributed by atoms with van der Waals surface area (Å²) >= 11 is 6.17. The van der Waals surface area contributed by atoms with E-state index in [1.165, 1.54) is 11.3 Å². The molecule has 0 atom stereocenters. The maximum Gasteiger partial charge on any atom is 0.225 e. The summed E-state index contributed by atoms with van der Waals surface area (Å²) in [5.41, 5.74) is 7.82. The normalized spacial score (nSPS) is 10.2. The zero-order valence-corrected chi connectivity index (χ0v) is 13.3. The van der Waals surface area contributed by atoms with Crippen LogP contribution in [0.15, 0.2) is 17.5 Å². The van der Waals surface area contributed by atoms with Gasteiger partial charge < -0.3 is 16.4 Å². The van der Waals surface area contributed by atoms with E-state index < -0.39 is 0 Å². The molecular formula is C13H15N5OS2. The largest absolute Gasteiger partial charge is 0.376 e. The monoisotopic (exact) mass is 321 g/mol. The van der Waals surface area contributed by atoms with Gasteiger partial charge >= 0.3 is 0 Å². The number of thiocarbonyl (C=S) groups is 1. The van der Waals surface area contributed by atoms with Crippen molar-refractivity contribution in [2.45, 2.75) is 20.3 Å². The molecule has 2 aromatic heterocycles. The second-order valence-corrected chi connectivity index (χ2v) is 5.59. The molecule has 0 aliphatic heterocycles. The van der Waals surface area contributed by atoms with Gasteiger partial charge in [-0.2, -0.15) is 0 Å². The summed E-state index contributed by atoms with van der Waals surface area (Å²) in [5.74, 6) is 0.436. The number of rotatable bonds is 4. The highest BCUT2D eigenvalue weighted by Crippen LogP contribution is 2.27. The van der Waals surface area contributed by atoms with Crippen LogP contribution in [-0.4, -0.2) is 21.0 Å². The number of nitrogens with zero attached hydrogens (tertiary/aromatic N) is 2. The van der Waals surface area contributed by atoms with E-state index >= 15 is 0 Å². The highest BCUT2D eigenvalue weighted by atomic mass is 32.1. The van der Waals surface area contributed by atoms with Gasteiger partial charge in [0, 0.05) is 11.8 Å². The fourth-order valence-corrected chi connectivity index (χ4v) is 2.50. The van der Waals surface area contributed by atoms with Crippen molar-refractivity contribution in [3.05, 3.63) is 23.1 Å². The van der Waals surface area contributed by atoms with Gasteiger partial charge in [-0.15, -0.1) is 11.3 Å². The molecule has 0 saturated heterocycles. The van der Waals surface area contributed by atoms with Crippen LogP contribution >= 0.6 is 23.6 Å². The number of hydrogen-bond acceptors (Lipinski definition) is 5. The average molecular weight is 321 g/mol. The molecule has 4 N–H and O–H groups in total. The Morgan fingerprint density at radius 1 is 1.38 bits per heavy atom. The summed E-state index contributed by atoms with van der Waals surface area (Å²) in [6.45, 7) is 3.73. The zero-order chi connectivity index (χ0) is 15.4. The first kappa shape index (κ1) is 15.3. The standard InChI is InChI=1S/C13H15N5OS2/c1-3-10(19)16-9-5-4-7(2)11(17-9)8-6-21-13(15-8)18-12(14)20/h4-6H,3H2,1-2H3,(H,16,17,19)(H3,14,15,18,20). The van der Waals surface area contributed by atoms with E-state index in [4.69, 9.17) is 18.0 Å². The Hall–Kier alpha value is -2.06. The minimum atomic E-state index is -0.0774. The molecule has 0 bridgehead atoms. The molecular weight excluding hydrogens is 306 g/mol. The lowest BCUT2D eigenvalue weighted by molar-refractivity contribution is -0.115. The van der Waals surface area contributed by atoms with Crippen LogP contribution < -0.4 is 16.4 Å². The number of thiazole rings is 1. The van der Waals surface area contributed by atoms with Gasteiger partial charge in [0.25, 0.3) is 0 Å². The van der Waals surface area contributed by atoms with Gasteiger partial charge in [-0.05, 0) is 30.8 Å². The van der Waals surface area contributed by atoms with Gasteiger partial charge in [0.2, 0.25) is 5.91 Å². The smallest absolute Gasteiger partial charge is 0.225 e. The van der Waals surface area contributed by atoms with Crippen molar-refractivity contribution >= 4 is 45.5 Å². The summed E-state index contributed by atoms with van der Waals surface area (Å²) in [6.07, 6.45) is 0.406. The van der Waals surface area contributed by atoms with Crippen LogP contribution in [-0.2, 0) is 4.79 Å². The van der Waals surface area contributed by atoms with Gasteiger partial charge in [0.1, 0.15) is 11.5 Å². The highest BCUT2D eigenvalue weighted by molar-refractivity contribution is 7.80. The lowest BCUT2D eigenvalue weighted by atomic mass is 10.2. The Kier molecular flexibility index (Phi) is 4.81. The minimum Gasteiger partial charge on any atom is -0.376 e. The fraction of sp³-hybridized carbons (Fsp3) is 0.231. The van der Waals surface area contributed by atoms with Gasteiger partial charge in [-0.3, -0.25) is 4.79 Å². The van der Waals surface area contributed by atoms with Crippen molar-refractivity contribution in [1.29, 1.82) is 0 Å². The molecule has 0 fully saturated rings. The summed E-state index contributed by atoms with van der Waals surface area (Å²) < 4.78 is 0. The Bertz CT molecular complexity index is 683. The fourth-order valence-electron chi connectivity index (χ4n) is 1.63. The molecule has 2 rings (SSSR count). The summed E-state index contributed by atoms with van der Waals surface area (Å²) in [5, 5.41) is 8.17. The van der Waals surface area contributed by atoms with Crippen molar-refractivity contribution < 1.29 is 4.79 Å². The van der Waals surface area contributed by atoms with E-state index in [0.29, 0.717) is 23.1 Å². The number of aromatic nitrogens is 2. The molecule has 1 amide bonds. The molecule has 2 heterocycles. The Labute approximate surface area is 131 Å². The molecule has 8 heteroatoms. The summed E-state index contributed by atoms with van der Waals surface area (Å²) in [4.78, 5) is 20.3. The van der Waals surface area contributed by atoms with E-state index in [2.05, 4.69) is 20.6 Å². The Morgan fingerprint density at radius 2 is 2.14 bits per heavy atom. The molecule has 0 aliphatic rings. The minimum absolute atomic E-state index is 0.0774. The highest BCUT2D eigenvalue weighted by Gasteiger charge is 2.11. The Morgan fingerprint density at radius 3 is 2.81 bits per heavy atom. The van der Waals surface area contributed by atoms with E-state index in [-0.39, 0.29) is 11.0 Å². The van der Waals surface area contributed by atoms with Crippen LogP contribution in [0.1, 0.15) is 18.9 Å². The van der Waals surface area contributed by atoms with Crippen molar-refractivity contribution in [3.8, 4) is 11.4 Å². The van der Waals surface area contributed by atoms with E-state index in [1.54, 1.807) is 13.0 Å². The van der Waals surface area contributed by atoms with Crippen LogP contribution in [0, 0.1) is 6.92 Å². The van der Waals surface area contributed by atoms with E-state index in [9.17, 15) is 4.79 Å². The predicted molar refractivity (Wildman–Crippen MR) is 89.4 cm³/mol. The first-order valence-electron chi connectivity index (χ1n) is 6.29. The number of nitrogens with two attached hydrogens (primary N) is 1. The molecule has 0 saturated carbocycles. The third kappa shape index (κ3) is 3.96. The second kappa shape index (κ2) is 6.59. The van der Waals surface area contributed by atoms with Crippen molar-refractivity contribution in [3.63, 3.8) is 0 Å². The van der Waals surface area contributed by atoms with Crippen LogP contribution in [0.2, 0.25) is 0 Å². The molecule has 0 aromatic carbocycles. The van der Waals surface area contributed by atoms with Crippen LogP contribution in [0.4, 0.5) is 10.9 Å². The van der Waals surface area contributed by atoms with Crippen LogP contribution in [0.3, 0.4) is 0 Å². The quantitative estimate of drug-likeness (QED) is 0.749. The number of amides is 1. The van der Waals surface area contributed by atoms with Crippen molar-refractivity contribution in [2.24, 2.45) is 5.73 Å². The molecule has 0 radical (unpaired) electrons. The van der Waals surface area contributed by atoms with Crippen LogP contribution in [0.25, 0.3) is 11.4 Å². The first-order valence-corrected chi connectivity index (χ1v) is 7.58. The average Bonchev–Trinajstić information content (AvgIpc) is 2.88. The molecule has 2 aromatic rings. The number of aryl methyl sites for hydroxylation is 1. The topological polar surface area (TPSA) is 92.9 Å². The maximum atomic E-state index is 11.4. The number of hydrogen-bond donors (Lipinski definition) is 3. The van der Waals surface area contributed by atoms with E-state index in [1.807, 2.05) is 18.4 Å². The van der Waals surface area contributed by atoms with Crippen molar-refractivity contribution in [1.82, 2.24) is 9.97 Å². The molecule has 6 nitrogen and oxygen atoms in total. The second-order valence-electron chi connectivity index (χ2n) is 4.29. The molecule has 0 unspecified atom stereocenters. The summed E-state index contributed by atoms with van der Waals surface area (Å²) in [6, 6.07) is 3.67. The zero-order valence-electron chi connectivity index (χ0n) is 11.6. The van der Waals surface area contributed by atoms with Gasteiger partial charge in [0.05, 0.1) is 5.69 Å². The lowest BCUT2D eigenvalue weighted by Crippen LogP contribution is -2.18. The molecule has 110 valence electrons. The third-order valence-electron chi connectivity index (χ3n) is 2.66. The Balaban J connectivity index is 2.29. The van der Waals surface area contributed by atoms with Gasteiger partial charge in [-0.25, -0.2) is 9.97 Å². The number of carbonyl (C=O) groups is 1. The molecule has 21 heavy (non-hydrogen) atoms. The van der Waals surface area contributed by atoms with E-state index in [0.717, 1.165) is 11.3 Å². The molecule has 0 spiro atoms. The van der Waals surface area contributed by atoms with Crippen molar-refractivity contribution in [2.75, 3.05) is 10.6 Å². The maximum absolute atomic E-state index is 11.4. The van der Waals surface area contributed by atoms with Crippen LogP contribution in [0.5, 0.6) is 0 Å². The third-order valence-corrected chi connectivity index (χ3v) is 3.52. The number of anilines is 2. The predicted octanol–water partition coefficient (Wildman–Crippen LogP) is 2.52. The van der Waals surface area contributed by atoms with Gasteiger partial charge in [-0.1, -0.05) is 13.0 Å². The SMILES string of the molecule is CCC(=O)Nc1ccc(C)c(-c2csc(NC(N)=S)n2)n1. The number of nitrogens with one attached hydrogen (secondary N) is 2. The number of pyridine rings is 1. The summed E-state index contributed by atoms with van der Waals surface area (Å²) in [7, 11) is 0. The van der Waals surface area contributed by atoms with Gasteiger partial charge in [0.15, 0.2) is 10.2 Å². The lowest BCUT2D eigenvalue weighted by Gasteiger charge is -2.07.